The summed E-state index contributed by atoms with van der Waals surface area (Å²) >= 11 is 0. The van der Waals surface area contributed by atoms with Gasteiger partial charge in [-0.2, -0.15) is 0 Å². The molecule has 25 heavy (non-hydrogen) atoms. The van der Waals surface area contributed by atoms with Crippen molar-refractivity contribution in [2.45, 2.75) is 38.8 Å². The number of hydrogen-bond acceptors (Lipinski definition) is 4. The minimum absolute atomic E-state index is 0.118. The molecule has 0 amide bonds. The molecule has 136 valence electrons. The van der Waals surface area contributed by atoms with Crippen LogP contribution in [0.15, 0.2) is 60.7 Å². The first-order valence-corrected chi connectivity index (χ1v) is 9.28. The van der Waals surface area contributed by atoms with Crippen molar-refractivity contribution in [1.82, 2.24) is 0 Å². The fourth-order valence-corrected chi connectivity index (χ4v) is 3.21. The van der Waals surface area contributed by atoms with Crippen LogP contribution in [0.2, 0.25) is 0 Å². The van der Waals surface area contributed by atoms with Crippen LogP contribution in [0, 0.1) is 0 Å². The van der Waals surface area contributed by atoms with Crippen LogP contribution in [-0.2, 0) is 26.8 Å². The average molecular weight is 365 g/mol. The summed E-state index contributed by atoms with van der Waals surface area (Å²) < 4.78 is 31.4. The van der Waals surface area contributed by atoms with Crippen LogP contribution in [0.3, 0.4) is 0 Å². The van der Waals surface area contributed by atoms with Crippen molar-refractivity contribution in [1.29, 1.82) is 0 Å². The van der Waals surface area contributed by atoms with Gasteiger partial charge in [0.2, 0.25) is 0 Å². The lowest BCUT2D eigenvalue weighted by atomic mass is 10.0. The summed E-state index contributed by atoms with van der Waals surface area (Å²) in [5.41, 5.74) is 6.34. The number of benzene rings is 2. The molecular formula is C19H25FNO3P. The van der Waals surface area contributed by atoms with E-state index in [0.717, 1.165) is 11.1 Å². The molecule has 2 N–H and O–H groups in total. The highest BCUT2D eigenvalue weighted by molar-refractivity contribution is 7.41. The van der Waals surface area contributed by atoms with Crippen LogP contribution < -0.4 is 5.73 Å². The van der Waals surface area contributed by atoms with Gasteiger partial charge in [-0.25, -0.2) is 4.39 Å². The zero-order chi connectivity index (χ0) is 18.1. The van der Waals surface area contributed by atoms with Crippen LogP contribution >= 0.6 is 8.60 Å². The Bertz CT molecular complexity index is 569. The van der Waals surface area contributed by atoms with E-state index in [1.165, 1.54) is 0 Å². The first-order chi connectivity index (χ1) is 12.0. The summed E-state index contributed by atoms with van der Waals surface area (Å²) in [4.78, 5) is 0. The molecular weight excluding hydrogens is 340 g/mol. The average Bonchev–Trinajstić information content (AvgIpc) is 2.64. The molecule has 1 atom stereocenters. The maximum absolute atomic E-state index is 14.0. The molecule has 0 radical (unpaired) electrons. The van der Waals surface area contributed by atoms with Crippen LogP contribution in [0.5, 0.6) is 0 Å². The van der Waals surface area contributed by atoms with Gasteiger partial charge in [-0.3, -0.25) is 0 Å². The van der Waals surface area contributed by atoms with Gasteiger partial charge >= 0.3 is 8.60 Å². The Morgan fingerprint density at radius 1 is 0.920 bits per heavy atom. The largest absolute Gasteiger partial charge is 0.333 e. The molecule has 0 bridgehead atoms. The van der Waals surface area contributed by atoms with Crippen molar-refractivity contribution in [3.63, 3.8) is 0 Å². The third-order valence-electron chi connectivity index (χ3n) is 3.63. The predicted octanol–water partition coefficient (Wildman–Crippen LogP) is 4.74. The molecule has 6 heteroatoms. The minimum atomic E-state index is -1.73. The predicted molar refractivity (Wildman–Crippen MR) is 98.5 cm³/mol. The molecule has 4 nitrogen and oxygen atoms in total. The highest BCUT2D eigenvalue weighted by Gasteiger charge is 2.34. The van der Waals surface area contributed by atoms with Crippen LogP contribution in [-0.4, -0.2) is 18.3 Å². The minimum Gasteiger partial charge on any atom is -0.328 e. The van der Waals surface area contributed by atoms with Crippen LogP contribution in [0.4, 0.5) is 4.39 Å². The summed E-state index contributed by atoms with van der Waals surface area (Å²) in [6, 6.07) is 19.4. The topological polar surface area (TPSA) is 53.7 Å². The summed E-state index contributed by atoms with van der Waals surface area (Å²) in [7, 11) is -1.73. The maximum Gasteiger partial charge on any atom is 0.333 e. The highest BCUT2D eigenvalue weighted by Crippen LogP contribution is 2.46. The van der Waals surface area contributed by atoms with Gasteiger partial charge in [-0.1, -0.05) is 60.7 Å². The van der Waals surface area contributed by atoms with Gasteiger partial charge in [0, 0.05) is 6.54 Å². The van der Waals surface area contributed by atoms with Crippen molar-refractivity contribution in [3.8, 4) is 0 Å². The zero-order valence-electron chi connectivity index (χ0n) is 14.6. The number of rotatable bonds is 10. The highest BCUT2D eigenvalue weighted by atomic mass is 31.2. The van der Waals surface area contributed by atoms with Crippen molar-refractivity contribution in [2.75, 3.05) is 6.54 Å². The molecule has 2 aromatic rings. The van der Waals surface area contributed by atoms with Gasteiger partial charge in [-0.15, -0.1) is 0 Å². The van der Waals surface area contributed by atoms with Gasteiger partial charge in [0.25, 0.3) is 0 Å². The lowest BCUT2D eigenvalue weighted by molar-refractivity contribution is -0.00108. The van der Waals surface area contributed by atoms with Crippen molar-refractivity contribution in [2.24, 2.45) is 5.73 Å². The van der Waals surface area contributed by atoms with Crippen LogP contribution in [0.25, 0.3) is 0 Å². The van der Waals surface area contributed by atoms with E-state index >= 15 is 0 Å². The third kappa shape index (κ3) is 6.81. The Kier molecular flexibility index (Phi) is 7.94. The molecule has 0 aliphatic heterocycles. The van der Waals surface area contributed by atoms with Gasteiger partial charge in [0.15, 0.2) is 0 Å². The Balaban J connectivity index is 1.99. The smallest absolute Gasteiger partial charge is 0.328 e. The van der Waals surface area contributed by atoms with Gasteiger partial charge in [0.05, 0.1) is 13.2 Å². The van der Waals surface area contributed by atoms with Gasteiger partial charge < -0.3 is 19.3 Å². The summed E-state index contributed by atoms with van der Waals surface area (Å²) in [6.07, 6.45) is -1.31. The molecule has 0 saturated heterocycles. The van der Waals surface area contributed by atoms with E-state index in [1.54, 1.807) is 13.8 Å². The molecule has 2 rings (SSSR count). The second-order valence-electron chi connectivity index (χ2n) is 6.14. The van der Waals surface area contributed by atoms with Crippen molar-refractivity contribution >= 4 is 8.60 Å². The molecule has 0 heterocycles. The summed E-state index contributed by atoms with van der Waals surface area (Å²) in [5, 5.41) is 0. The van der Waals surface area contributed by atoms with E-state index in [0.29, 0.717) is 13.2 Å². The molecule has 0 aliphatic carbocycles. The standard InChI is InChI=1S/C19H25FNO3P/c1-19(2,18(20)13-21)24-25(22-14-16-9-5-3-6-10-16)23-15-17-11-7-4-8-12-17/h3-12,18H,13-15,21H2,1-2H3. The summed E-state index contributed by atoms with van der Waals surface area (Å²) in [5.74, 6) is 0. The molecule has 0 aliphatic rings. The van der Waals surface area contributed by atoms with E-state index < -0.39 is 20.4 Å². The number of nitrogens with two attached hydrogens (primary N) is 1. The molecule has 0 fully saturated rings. The van der Waals surface area contributed by atoms with E-state index in [-0.39, 0.29) is 6.54 Å². The van der Waals surface area contributed by atoms with Crippen LogP contribution in [0.1, 0.15) is 25.0 Å². The molecule has 0 saturated carbocycles. The quantitative estimate of drug-likeness (QED) is 0.618. The fraction of sp³-hybridized carbons (Fsp3) is 0.368. The van der Waals surface area contributed by atoms with E-state index in [1.807, 2.05) is 60.7 Å². The van der Waals surface area contributed by atoms with E-state index in [4.69, 9.17) is 19.3 Å². The fourth-order valence-electron chi connectivity index (χ4n) is 2.03. The van der Waals surface area contributed by atoms with Gasteiger partial charge in [-0.05, 0) is 25.0 Å². The molecule has 0 spiro atoms. The maximum atomic E-state index is 14.0. The Hall–Kier alpha value is -1.36. The first-order valence-electron chi connectivity index (χ1n) is 8.18. The number of halogens is 1. The lowest BCUT2D eigenvalue weighted by Crippen LogP contribution is -2.39. The van der Waals surface area contributed by atoms with Crippen molar-refractivity contribution in [3.05, 3.63) is 71.8 Å². The third-order valence-corrected chi connectivity index (χ3v) is 4.93. The number of hydrogen-bond donors (Lipinski definition) is 1. The monoisotopic (exact) mass is 365 g/mol. The molecule has 2 aromatic carbocycles. The molecule has 0 aromatic heterocycles. The second kappa shape index (κ2) is 9.95. The zero-order valence-corrected chi connectivity index (χ0v) is 15.5. The van der Waals surface area contributed by atoms with Crippen molar-refractivity contribution < 1.29 is 18.0 Å². The Morgan fingerprint density at radius 3 is 1.76 bits per heavy atom. The Labute approximate surface area is 150 Å². The normalized spacial score (nSPS) is 13.2. The SMILES string of the molecule is CC(C)(OP(OCc1ccccc1)OCc1ccccc1)C(F)CN. The lowest BCUT2D eigenvalue weighted by Gasteiger charge is -2.31. The Morgan fingerprint density at radius 2 is 1.36 bits per heavy atom. The van der Waals surface area contributed by atoms with E-state index in [9.17, 15) is 4.39 Å². The number of alkyl halides is 1. The van der Waals surface area contributed by atoms with Gasteiger partial charge in [0.1, 0.15) is 11.8 Å². The van der Waals surface area contributed by atoms with E-state index in [2.05, 4.69) is 0 Å². The molecule has 1 unspecified atom stereocenters. The second-order valence-corrected chi connectivity index (χ2v) is 7.29. The summed E-state index contributed by atoms with van der Waals surface area (Å²) in [6.45, 7) is 3.84. The first kappa shape index (κ1) is 20.0.